The Hall–Kier alpha value is -5.34. The van der Waals surface area contributed by atoms with Crippen LogP contribution in [0.25, 0.3) is 32.3 Å². The fraction of sp³-hybridized carbons (Fsp3) is 0.0952. The molecule has 0 amide bonds. The Bertz CT molecular complexity index is 2170. The number of allylic oxidation sites excluding steroid dienone is 4. The number of anilines is 5. The number of para-hydroxylation sites is 1. The lowest BCUT2D eigenvalue weighted by Gasteiger charge is -2.29. The molecule has 7 aromatic carbocycles. The molecule has 0 bridgehead atoms. The summed E-state index contributed by atoms with van der Waals surface area (Å²) in [4.78, 5) is 4.78. The minimum Gasteiger partial charge on any atom is -0.314 e. The van der Waals surface area contributed by atoms with Gasteiger partial charge in [-0.2, -0.15) is 0 Å². The lowest BCUT2D eigenvalue weighted by atomic mass is 9.91. The van der Waals surface area contributed by atoms with Crippen LogP contribution in [0.15, 0.2) is 151 Å². The highest BCUT2D eigenvalue weighted by atomic mass is 15.2. The van der Waals surface area contributed by atoms with Gasteiger partial charge in [-0.15, -0.1) is 0 Å². The van der Waals surface area contributed by atoms with Crippen LogP contribution in [0.3, 0.4) is 0 Å². The zero-order valence-corrected chi connectivity index (χ0v) is 25.8. The van der Waals surface area contributed by atoms with Crippen molar-refractivity contribution in [1.82, 2.24) is 0 Å². The van der Waals surface area contributed by atoms with Crippen LogP contribution in [0.2, 0.25) is 0 Å². The van der Waals surface area contributed by atoms with Crippen molar-refractivity contribution < 1.29 is 0 Å². The molecule has 0 saturated heterocycles. The van der Waals surface area contributed by atoms with Gasteiger partial charge in [0.15, 0.2) is 0 Å². The maximum atomic E-state index is 2.39. The van der Waals surface area contributed by atoms with Gasteiger partial charge in [-0.05, 0) is 115 Å². The average molecular weight is 569 g/mol. The molecule has 0 heterocycles. The van der Waals surface area contributed by atoms with Crippen LogP contribution >= 0.6 is 0 Å². The molecule has 0 aliphatic rings. The van der Waals surface area contributed by atoms with Crippen LogP contribution in [-0.4, -0.2) is 0 Å². The molecule has 0 saturated carbocycles. The van der Waals surface area contributed by atoms with E-state index >= 15 is 0 Å². The largest absolute Gasteiger partial charge is 0.314 e. The van der Waals surface area contributed by atoms with Gasteiger partial charge in [-0.1, -0.05) is 91.0 Å². The Kier molecular flexibility index (Phi) is 7.12. The molecule has 2 heteroatoms. The molecule has 0 unspecified atom stereocenters. The lowest BCUT2D eigenvalue weighted by molar-refractivity contribution is 1.16. The third-order valence-electron chi connectivity index (χ3n) is 8.52. The van der Waals surface area contributed by atoms with Crippen molar-refractivity contribution >= 4 is 60.8 Å². The lowest BCUT2D eigenvalue weighted by Crippen LogP contribution is -2.15. The molecule has 0 aliphatic carbocycles. The van der Waals surface area contributed by atoms with Crippen molar-refractivity contribution in [3.63, 3.8) is 0 Å². The summed E-state index contributed by atoms with van der Waals surface area (Å²) < 4.78 is 0. The predicted octanol–water partition coefficient (Wildman–Crippen LogP) is 12.3. The Labute approximate surface area is 260 Å². The fourth-order valence-corrected chi connectivity index (χ4v) is 6.54. The van der Waals surface area contributed by atoms with Gasteiger partial charge >= 0.3 is 0 Å². The van der Waals surface area contributed by atoms with Gasteiger partial charge in [-0.3, -0.25) is 0 Å². The highest BCUT2D eigenvalue weighted by molar-refractivity contribution is 6.28. The van der Waals surface area contributed by atoms with E-state index in [0.29, 0.717) is 0 Å². The third kappa shape index (κ3) is 4.79. The molecule has 0 spiro atoms. The number of hydrogen-bond acceptors (Lipinski definition) is 2. The summed E-state index contributed by atoms with van der Waals surface area (Å²) in [6.45, 7) is 8.57. The second-order valence-corrected chi connectivity index (χ2v) is 11.6. The van der Waals surface area contributed by atoms with Crippen LogP contribution in [0.1, 0.15) is 25.0 Å². The van der Waals surface area contributed by atoms with Crippen LogP contribution in [-0.2, 0) is 0 Å². The van der Waals surface area contributed by atoms with E-state index < -0.39 is 0 Å². The standard InChI is InChI=1S/C42H36N2/c1-5-6-14-31(4)43(35-17-10-12-29(2)27-35)39-25-21-32-20-24-38-40(26-22-33-19-23-37(39)41(32)42(33)38)44(34-15-8-7-9-16-34)36-18-11-13-30(3)28-36/h5-28H,1-4H3/b6-5-,31-14+. The highest BCUT2D eigenvalue weighted by Gasteiger charge is 2.21. The first-order chi connectivity index (χ1) is 21.5. The fourth-order valence-electron chi connectivity index (χ4n) is 6.54. The van der Waals surface area contributed by atoms with Crippen LogP contribution in [0.4, 0.5) is 28.4 Å². The van der Waals surface area contributed by atoms with Crippen LogP contribution in [0, 0.1) is 13.8 Å². The predicted molar refractivity (Wildman–Crippen MR) is 191 cm³/mol. The molecular formula is C42H36N2. The zero-order chi connectivity index (χ0) is 30.2. The van der Waals surface area contributed by atoms with Crippen molar-refractivity contribution in [1.29, 1.82) is 0 Å². The van der Waals surface area contributed by atoms with Crippen molar-refractivity contribution in [3.05, 3.63) is 162 Å². The maximum absolute atomic E-state index is 2.39. The summed E-state index contributed by atoms with van der Waals surface area (Å²) in [5.74, 6) is 0. The maximum Gasteiger partial charge on any atom is 0.0540 e. The molecule has 0 N–H and O–H groups in total. The van der Waals surface area contributed by atoms with Gasteiger partial charge in [0.2, 0.25) is 0 Å². The van der Waals surface area contributed by atoms with E-state index in [1.54, 1.807) is 0 Å². The smallest absolute Gasteiger partial charge is 0.0540 e. The summed E-state index contributed by atoms with van der Waals surface area (Å²) in [5, 5.41) is 7.58. The van der Waals surface area contributed by atoms with Gasteiger partial charge in [0.1, 0.15) is 0 Å². The molecule has 0 aromatic heterocycles. The van der Waals surface area contributed by atoms with E-state index in [1.807, 2.05) is 0 Å². The number of nitrogens with zero attached hydrogens (tertiary/aromatic N) is 2. The van der Waals surface area contributed by atoms with Crippen LogP contribution < -0.4 is 9.80 Å². The average Bonchev–Trinajstić information content (AvgIpc) is 3.04. The second-order valence-electron chi connectivity index (χ2n) is 11.6. The number of rotatable bonds is 7. The van der Waals surface area contributed by atoms with E-state index in [0.717, 1.165) is 17.1 Å². The molecule has 7 rings (SSSR count). The molecule has 0 atom stereocenters. The molecule has 2 nitrogen and oxygen atoms in total. The van der Waals surface area contributed by atoms with Crippen molar-refractivity contribution in [2.45, 2.75) is 27.7 Å². The van der Waals surface area contributed by atoms with Gasteiger partial charge < -0.3 is 9.80 Å². The molecule has 214 valence electrons. The second kappa shape index (κ2) is 11.4. The highest BCUT2D eigenvalue weighted by Crippen LogP contribution is 2.46. The number of aryl methyl sites for hydroxylation is 2. The van der Waals surface area contributed by atoms with Crippen LogP contribution in [0.5, 0.6) is 0 Å². The summed E-state index contributed by atoms with van der Waals surface area (Å²) >= 11 is 0. The summed E-state index contributed by atoms with van der Waals surface area (Å²) in [6, 6.07) is 46.6. The Balaban J connectivity index is 1.52. The zero-order valence-electron chi connectivity index (χ0n) is 25.8. The molecular weight excluding hydrogens is 532 g/mol. The number of hydrogen-bond donors (Lipinski definition) is 0. The molecule has 7 aromatic rings. The van der Waals surface area contributed by atoms with E-state index in [2.05, 4.69) is 183 Å². The van der Waals surface area contributed by atoms with E-state index in [1.165, 1.54) is 60.5 Å². The monoisotopic (exact) mass is 568 g/mol. The molecule has 0 fully saturated rings. The summed E-state index contributed by atoms with van der Waals surface area (Å²) in [6.07, 6.45) is 6.39. The van der Waals surface area contributed by atoms with Crippen molar-refractivity contribution in [2.75, 3.05) is 9.80 Å². The normalized spacial score (nSPS) is 12.1. The topological polar surface area (TPSA) is 6.48 Å². The van der Waals surface area contributed by atoms with E-state index in [-0.39, 0.29) is 0 Å². The Morgan fingerprint density at radius 2 is 1.09 bits per heavy atom. The molecule has 0 radical (unpaired) electrons. The van der Waals surface area contributed by atoms with Crippen molar-refractivity contribution in [2.24, 2.45) is 0 Å². The molecule has 0 aliphatic heterocycles. The van der Waals surface area contributed by atoms with Gasteiger partial charge in [0.05, 0.1) is 11.4 Å². The minimum atomic E-state index is 1.14. The van der Waals surface area contributed by atoms with Gasteiger partial charge in [0, 0.05) is 33.5 Å². The first-order valence-electron chi connectivity index (χ1n) is 15.3. The van der Waals surface area contributed by atoms with E-state index in [9.17, 15) is 0 Å². The first-order valence-corrected chi connectivity index (χ1v) is 15.3. The quantitative estimate of drug-likeness (QED) is 0.139. The van der Waals surface area contributed by atoms with Crippen molar-refractivity contribution in [3.8, 4) is 0 Å². The third-order valence-corrected chi connectivity index (χ3v) is 8.52. The van der Waals surface area contributed by atoms with E-state index in [4.69, 9.17) is 0 Å². The Morgan fingerprint density at radius 1 is 0.545 bits per heavy atom. The molecule has 44 heavy (non-hydrogen) atoms. The van der Waals surface area contributed by atoms with Gasteiger partial charge in [-0.25, -0.2) is 0 Å². The SMILES string of the molecule is C/C=C\C=C(/C)N(c1cccc(C)c1)c1ccc2ccc3c(N(c4ccccc4)c4cccc(C)c4)ccc4ccc1c2c43. The summed E-state index contributed by atoms with van der Waals surface area (Å²) in [5.41, 5.74) is 9.46. The Morgan fingerprint density at radius 3 is 1.73 bits per heavy atom. The van der Waals surface area contributed by atoms with Gasteiger partial charge in [0.25, 0.3) is 0 Å². The summed E-state index contributed by atoms with van der Waals surface area (Å²) in [7, 11) is 0. The number of benzene rings is 7. The minimum absolute atomic E-state index is 1.14. The first kappa shape index (κ1) is 27.5.